The number of para-hydroxylation sites is 1. The highest BCUT2D eigenvalue weighted by Gasteiger charge is 2.03. The normalized spacial score (nSPS) is 11.3. The van der Waals surface area contributed by atoms with Crippen molar-refractivity contribution in [2.45, 2.75) is 13.8 Å². The summed E-state index contributed by atoms with van der Waals surface area (Å²) in [6, 6.07) is 5.93. The summed E-state index contributed by atoms with van der Waals surface area (Å²) in [6.45, 7) is 4.11. The molecule has 0 radical (unpaired) electrons. The van der Waals surface area contributed by atoms with Crippen molar-refractivity contribution < 1.29 is 9.57 Å². The van der Waals surface area contributed by atoms with E-state index in [1.807, 2.05) is 44.2 Å². The highest BCUT2D eigenvalue weighted by molar-refractivity contribution is 5.96. The molecular formula is C15H17NO2. The van der Waals surface area contributed by atoms with Crippen molar-refractivity contribution in [3.05, 3.63) is 35.4 Å². The van der Waals surface area contributed by atoms with Gasteiger partial charge in [0, 0.05) is 5.56 Å². The van der Waals surface area contributed by atoms with E-state index in [-0.39, 0.29) is 6.61 Å². The molecule has 0 unspecified atom stereocenters. The highest BCUT2D eigenvalue weighted by Crippen LogP contribution is 2.24. The van der Waals surface area contributed by atoms with Crippen LogP contribution in [0.4, 0.5) is 0 Å². The first-order chi connectivity index (χ1) is 8.69. The van der Waals surface area contributed by atoms with Gasteiger partial charge in [0.1, 0.15) is 19.5 Å². The molecule has 0 atom stereocenters. The van der Waals surface area contributed by atoms with Crippen LogP contribution in [-0.2, 0) is 4.84 Å². The minimum atomic E-state index is 0.261. The van der Waals surface area contributed by atoms with Gasteiger partial charge >= 0.3 is 0 Å². The molecule has 0 aliphatic carbocycles. The Hall–Kier alpha value is -2.21. The van der Waals surface area contributed by atoms with Gasteiger partial charge in [-0.05, 0) is 31.6 Å². The fourth-order valence-electron chi connectivity index (χ4n) is 1.50. The van der Waals surface area contributed by atoms with Gasteiger partial charge in [-0.15, -0.1) is 6.42 Å². The largest absolute Gasteiger partial charge is 0.480 e. The van der Waals surface area contributed by atoms with E-state index in [9.17, 15) is 0 Å². The van der Waals surface area contributed by atoms with E-state index in [1.165, 1.54) is 7.11 Å². The standard InChI is InChI=1S/C15H17NO2/c1-5-11-18-15-12(2)7-6-8-14(15)10-9-13(3)16-17-4/h1,6-10H,11H2,2-4H3/b10-9+,16-13+. The molecule has 1 aromatic rings. The molecule has 0 aromatic heterocycles. The third-order valence-electron chi connectivity index (χ3n) is 2.28. The first-order valence-corrected chi connectivity index (χ1v) is 5.60. The Bertz CT molecular complexity index is 496. The monoisotopic (exact) mass is 243 g/mol. The Morgan fingerprint density at radius 2 is 2.28 bits per heavy atom. The average Bonchev–Trinajstić information content (AvgIpc) is 2.35. The maximum Gasteiger partial charge on any atom is 0.148 e. The van der Waals surface area contributed by atoms with Crippen LogP contribution in [0, 0.1) is 19.3 Å². The molecule has 18 heavy (non-hydrogen) atoms. The Morgan fingerprint density at radius 1 is 1.50 bits per heavy atom. The lowest BCUT2D eigenvalue weighted by molar-refractivity contribution is 0.213. The van der Waals surface area contributed by atoms with Crippen LogP contribution in [-0.4, -0.2) is 19.4 Å². The molecule has 0 bridgehead atoms. The van der Waals surface area contributed by atoms with Gasteiger partial charge in [0.25, 0.3) is 0 Å². The number of benzene rings is 1. The summed E-state index contributed by atoms with van der Waals surface area (Å²) < 4.78 is 5.55. The Balaban J connectivity index is 2.98. The van der Waals surface area contributed by atoms with Gasteiger partial charge in [-0.3, -0.25) is 0 Å². The number of hydrogen-bond donors (Lipinski definition) is 0. The Labute approximate surface area is 108 Å². The number of allylic oxidation sites excluding steroid dienone is 1. The van der Waals surface area contributed by atoms with E-state index in [0.717, 1.165) is 22.6 Å². The van der Waals surface area contributed by atoms with Crippen LogP contribution in [0.2, 0.25) is 0 Å². The molecule has 0 heterocycles. The molecular weight excluding hydrogens is 226 g/mol. The van der Waals surface area contributed by atoms with Crippen LogP contribution < -0.4 is 4.74 Å². The Kier molecular flexibility index (Phi) is 5.53. The lowest BCUT2D eigenvalue weighted by Crippen LogP contribution is -1.98. The zero-order valence-corrected chi connectivity index (χ0v) is 10.9. The second-order valence-corrected chi connectivity index (χ2v) is 3.73. The third-order valence-corrected chi connectivity index (χ3v) is 2.28. The van der Waals surface area contributed by atoms with Gasteiger partial charge in [0.2, 0.25) is 0 Å². The van der Waals surface area contributed by atoms with E-state index in [4.69, 9.17) is 11.2 Å². The van der Waals surface area contributed by atoms with Gasteiger partial charge in [-0.2, -0.15) is 0 Å². The van der Waals surface area contributed by atoms with Crippen molar-refractivity contribution in [2.24, 2.45) is 5.16 Å². The van der Waals surface area contributed by atoms with E-state index in [2.05, 4.69) is 15.9 Å². The van der Waals surface area contributed by atoms with Crippen molar-refractivity contribution in [1.29, 1.82) is 0 Å². The summed E-state index contributed by atoms with van der Waals surface area (Å²) in [5, 5.41) is 3.81. The summed E-state index contributed by atoms with van der Waals surface area (Å²) in [6.07, 6.45) is 9.00. The zero-order valence-electron chi connectivity index (χ0n) is 10.9. The lowest BCUT2D eigenvalue weighted by Gasteiger charge is -2.09. The second kappa shape index (κ2) is 7.18. The molecule has 3 heteroatoms. The van der Waals surface area contributed by atoms with Crippen molar-refractivity contribution >= 4 is 11.8 Å². The van der Waals surface area contributed by atoms with Crippen molar-refractivity contribution in [2.75, 3.05) is 13.7 Å². The molecule has 1 rings (SSSR count). The van der Waals surface area contributed by atoms with E-state index in [1.54, 1.807) is 0 Å². The number of aryl methyl sites for hydroxylation is 1. The van der Waals surface area contributed by atoms with Crippen molar-refractivity contribution in [3.8, 4) is 18.1 Å². The van der Waals surface area contributed by atoms with E-state index in [0.29, 0.717) is 0 Å². The molecule has 0 saturated carbocycles. The van der Waals surface area contributed by atoms with Gasteiger partial charge < -0.3 is 9.57 Å². The van der Waals surface area contributed by atoms with Gasteiger partial charge in [-0.25, -0.2) is 0 Å². The molecule has 0 N–H and O–H groups in total. The quantitative estimate of drug-likeness (QED) is 0.452. The molecule has 94 valence electrons. The van der Waals surface area contributed by atoms with Gasteiger partial charge in [0.05, 0.1) is 5.71 Å². The van der Waals surface area contributed by atoms with Gasteiger partial charge in [0.15, 0.2) is 0 Å². The summed E-state index contributed by atoms with van der Waals surface area (Å²) in [5.74, 6) is 3.27. The smallest absolute Gasteiger partial charge is 0.148 e. The average molecular weight is 243 g/mol. The molecule has 3 nitrogen and oxygen atoms in total. The van der Waals surface area contributed by atoms with Crippen LogP contribution in [0.1, 0.15) is 18.1 Å². The summed E-state index contributed by atoms with van der Waals surface area (Å²) in [5.41, 5.74) is 2.80. The minimum Gasteiger partial charge on any atom is -0.480 e. The van der Waals surface area contributed by atoms with E-state index < -0.39 is 0 Å². The number of terminal acetylenes is 1. The van der Waals surface area contributed by atoms with Crippen molar-refractivity contribution in [1.82, 2.24) is 0 Å². The second-order valence-electron chi connectivity index (χ2n) is 3.73. The van der Waals surface area contributed by atoms with Crippen LogP contribution in [0.15, 0.2) is 29.4 Å². The zero-order chi connectivity index (χ0) is 13.4. The molecule has 0 saturated heterocycles. The van der Waals surface area contributed by atoms with Crippen LogP contribution in [0.3, 0.4) is 0 Å². The molecule has 0 aliphatic heterocycles. The molecule has 1 aromatic carbocycles. The first-order valence-electron chi connectivity index (χ1n) is 5.60. The third kappa shape index (κ3) is 3.99. The number of oxime groups is 1. The topological polar surface area (TPSA) is 30.8 Å². The van der Waals surface area contributed by atoms with Crippen LogP contribution in [0.5, 0.6) is 5.75 Å². The first kappa shape index (κ1) is 13.9. The molecule has 0 amide bonds. The lowest BCUT2D eigenvalue weighted by atomic mass is 10.1. The predicted octanol–water partition coefficient (Wildman–Crippen LogP) is 3.04. The molecule has 0 fully saturated rings. The van der Waals surface area contributed by atoms with Gasteiger partial charge in [-0.1, -0.05) is 29.3 Å². The number of nitrogens with zero attached hydrogens (tertiary/aromatic N) is 1. The van der Waals surface area contributed by atoms with E-state index >= 15 is 0 Å². The molecule has 0 aliphatic rings. The molecule has 0 spiro atoms. The summed E-state index contributed by atoms with van der Waals surface area (Å²) in [4.78, 5) is 4.69. The minimum absolute atomic E-state index is 0.261. The SMILES string of the molecule is C#CCOc1c(C)cccc1/C=C/C(C)=N/OC. The fraction of sp³-hybridized carbons (Fsp3) is 0.267. The highest BCUT2D eigenvalue weighted by atomic mass is 16.6. The number of ether oxygens (including phenoxy) is 1. The summed E-state index contributed by atoms with van der Waals surface area (Å²) >= 11 is 0. The number of rotatable bonds is 5. The van der Waals surface area contributed by atoms with Crippen LogP contribution >= 0.6 is 0 Å². The maximum atomic E-state index is 5.55. The Morgan fingerprint density at radius 3 is 2.94 bits per heavy atom. The fourth-order valence-corrected chi connectivity index (χ4v) is 1.50. The van der Waals surface area contributed by atoms with Crippen molar-refractivity contribution in [3.63, 3.8) is 0 Å². The number of hydrogen-bond acceptors (Lipinski definition) is 3. The predicted molar refractivity (Wildman–Crippen MR) is 74.7 cm³/mol. The maximum absolute atomic E-state index is 5.55. The van der Waals surface area contributed by atoms with Crippen LogP contribution in [0.25, 0.3) is 6.08 Å². The summed E-state index contributed by atoms with van der Waals surface area (Å²) in [7, 11) is 1.52.